The number of carbonyl (C=O) groups is 2. The Hall–Kier alpha value is -2.20. The second-order valence-corrected chi connectivity index (χ2v) is 4.23. The van der Waals surface area contributed by atoms with Crippen LogP contribution in [0.3, 0.4) is 0 Å². The molecule has 0 heterocycles. The minimum atomic E-state index is -1.93. The van der Waals surface area contributed by atoms with Gasteiger partial charge in [0.25, 0.3) is 11.8 Å². The van der Waals surface area contributed by atoms with Crippen molar-refractivity contribution < 1.29 is 29.3 Å². The van der Waals surface area contributed by atoms with E-state index in [1.807, 2.05) is 0 Å². The summed E-state index contributed by atoms with van der Waals surface area (Å²) in [6.45, 7) is 0.0593. The van der Waals surface area contributed by atoms with Crippen molar-refractivity contribution in [2.24, 2.45) is 0 Å². The van der Waals surface area contributed by atoms with Crippen LogP contribution in [0.4, 0.5) is 0 Å². The molecular weight excluding hydrogens is 296 g/mol. The zero-order chi connectivity index (χ0) is 17.1. The van der Waals surface area contributed by atoms with Crippen molar-refractivity contribution in [2.75, 3.05) is 27.3 Å². The second kappa shape index (κ2) is 10.5. The standard InChI is InChI=1S/C12H22N4O6/c1-21-7(13)3-5-15-11(19)9(17)10(18)12(20)16-6-4-8(14)22-2/h9-10,13-14,17-18H,3-6H2,1-2H3,(H,15,19)(H,16,20)/t9-,10-/m1/s1. The molecule has 10 nitrogen and oxygen atoms in total. The van der Waals surface area contributed by atoms with Crippen molar-refractivity contribution in [3.63, 3.8) is 0 Å². The number of aliphatic hydroxyl groups excluding tert-OH is 2. The summed E-state index contributed by atoms with van der Waals surface area (Å²) in [5, 5.41) is 38.0. The highest BCUT2D eigenvalue weighted by Gasteiger charge is 2.29. The van der Waals surface area contributed by atoms with E-state index in [9.17, 15) is 19.8 Å². The van der Waals surface area contributed by atoms with E-state index in [1.165, 1.54) is 14.2 Å². The van der Waals surface area contributed by atoms with Crippen molar-refractivity contribution in [2.45, 2.75) is 25.0 Å². The molecule has 0 spiro atoms. The highest BCUT2D eigenvalue weighted by atomic mass is 16.5. The number of hydrogen-bond acceptors (Lipinski definition) is 8. The first-order valence-corrected chi connectivity index (χ1v) is 6.47. The van der Waals surface area contributed by atoms with Crippen LogP contribution in [0.2, 0.25) is 0 Å². The minimum Gasteiger partial charge on any atom is -0.484 e. The van der Waals surface area contributed by atoms with Crippen LogP contribution in [0.25, 0.3) is 0 Å². The highest BCUT2D eigenvalue weighted by molar-refractivity contribution is 5.91. The summed E-state index contributed by atoms with van der Waals surface area (Å²) in [5.74, 6) is -1.96. The van der Waals surface area contributed by atoms with Crippen molar-refractivity contribution in [3.8, 4) is 0 Å². The Morgan fingerprint density at radius 3 is 1.50 bits per heavy atom. The molecule has 22 heavy (non-hydrogen) atoms. The van der Waals surface area contributed by atoms with E-state index in [-0.39, 0.29) is 37.7 Å². The lowest BCUT2D eigenvalue weighted by molar-refractivity contribution is -0.146. The van der Waals surface area contributed by atoms with Gasteiger partial charge in [0.2, 0.25) is 0 Å². The predicted molar refractivity (Wildman–Crippen MR) is 76.7 cm³/mol. The lowest BCUT2D eigenvalue weighted by Gasteiger charge is -2.17. The third-order valence-corrected chi connectivity index (χ3v) is 2.63. The fourth-order valence-corrected chi connectivity index (χ4v) is 1.30. The van der Waals surface area contributed by atoms with E-state index >= 15 is 0 Å². The van der Waals surface area contributed by atoms with Gasteiger partial charge in [0.1, 0.15) is 0 Å². The summed E-state index contributed by atoms with van der Waals surface area (Å²) in [6.07, 6.45) is -3.62. The molecule has 0 aliphatic carbocycles. The van der Waals surface area contributed by atoms with Gasteiger partial charge >= 0.3 is 0 Å². The number of carbonyl (C=O) groups excluding carboxylic acids is 2. The molecule has 0 aromatic heterocycles. The molecule has 0 bridgehead atoms. The fraction of sp³-hybridized carbons (Fsp3) is 0.667. The van der Waals surface area contributed by atoms with Gasteiger partial charge in [-0.15, -0.1) is 0 Å². The smallest absolute Gasteiger partial charge is 0.252 e. The van der Waals surface area contributed by atoms with Crippen LogP contribution in [-0.2, 0) is 19.1 Å². The lowest BCUT2D eigenvalue weighted by Crippen LogP contribution is -2.50. The van der Waals surface area contributed by atoms with Crippen LogP contribution in [0.15, 0.2) is 0 Å². The zero-order valence-electron chi connectivity index (χ0n) is 12.5. The van der Waals surface area contributed by atoms with Gasteiger partial charge in [-0.05, 0) is 0 Å². The average Bonchev–Trinajstić information content (AvgIpc) is 2.52. The summed E-state index contributed by atoms with van der Waals surface area (Å²) in [6, 6.07) is 0. The maximum atomic E-state index is 11.5. The third kappa shape index (κ3) is 7.55. The Kier molecular flexibility index (Phi) is 9.46. The lowest BCUT2D eigenvalue weighted by atomic mass is 10.1. The first kappa shape index (κ1) is 19.8. The molecule has 6 N–H and O–H groups in total. The van der Waals surface area contributed by atoms with Gasteiger partial charge in [-0.1, -0.05) is 0 Å². The summed E-state index contributed by atoms with van der Waals surface area (Å²) >= 11 is 0. The Morgan fingerprint density at radius 2 is 1.23 bits per heavy atom. The topological polar surface area (TPSA) is 165 Å². The molecular formula is C12H22N4O6. The normalized spacial score (nSPS) is 12.7. The molecule has 0 aliphatic heterocycles. The van der Waals surface area contributed by atoms with E-state index in [0.717, 1.165) is 0 Å². The molecule has 0 fully saturated rings. The van der Waals surface area contributed by atoms with Crippen molar-refractivity contribution in [3.05, 3.63) is 0 Å². The molecule has 0 radical (unpaired) electrons. The SMILES string of the molecule is COC(=N)CCNC(=O)[C@H](O)[C@@H](O)C(=O)NCCC(=N)OC. The number of amides is 2. The van der Waals surface area contributed by atoms with E-state index < -0.39 is 24.0 Å². The second-order valence-electron chi connectivity index (χ2n) is 4.23. The Labute approximate surface area is 127 Å². The van der Waals surface area contributed by atoms with Crippen molar-refractivity contribution >= 4 is 23.6 Å². The average molecular weight is 318 g/mol. The molecule has 0 rings (SSSR count). The van der Waals surface area contributed by atoms with Crippen LogP contribution in [0, 0.1) is 10.8 Å². The van der Waals surface area contributed by atoms with E-state index in [4.69, 9.17) is 10.8 Å². The molecule has 0 aromatic rings. The third-order valence-electron chi connectivity index (χ3n) is 2.63. The Balaban J connectivity index is 4.13. The van der Waals surface area contributed by atoms with Gasteiger partial charge in [0, 0.05) is 25.9 Å². The molecule has 0 saturated heterocycles. The molecule has 2 amide bonds. The van der Waals surface area contributed by atoms with E-state index in [1.54, 1.807) is 0 Å². The van der Waals surface area contributed by atoms with Crippen LogP contribution < -0.4 is 10.6 Å². The number of rotatable bonds is 9. The van der Waals surface area contributed by atoms with E-state index in [2.05, 4.69) is 20.1 Å². The van der Waals surface area contributed by atoms with Crippen LogP contribution in [0.1, 0.15) is 12.8 Å². The van der Waals surface area contributed by atoms with Crippen LogP contribution >= 0.6 is 0 Å². The van der Waals surface area contributed by atoms with Gasteiger partial charge in [0.05, 0.1) is 14.2 Å². The largest absolute Gasteiger partial charge is 0.484 e. The maximum Gasteiger partial charge on any atom is 0.252 e. The molecule has 2 atom stereocenters. The Bertz CT molecular complexity index is 376. The van der Waals surface area contributed by atoms with Crippen molar-refractivity contribution in [1.29, 1.82) is 10.8 Å². The number of hydrogen-bond donors (Lipinski definition) is 6. The van der Waals surface area contributed by atoms with Crippen LogP contribution in [-0.4, -0.2) is 73.3 Å². The van der Waals surface area contributed by atoms with Crippen molar-refractivity contribution in [1.82, 2.24) is 10.6 Å². The first-order chi connectivity index (χ1) is 10.3. The summed E-state index contributed by atoms with van der Waals surface area (Å²) in [7, 11) is 2.63. The van der Waals surface area contributed by atoms with Gasteiger partial charge in [-0.2, -0.15) is 0 Å². The number of ether oxygens (including phenoxy) is 2. The molecule has 0 unspecified atom stereocenters. The first-order valence-electron chi connectivity index (χ1n) is 6.47. The summed E-state index contributed by atoms with van der Waals surface area (Å²) < 4.78 is 9.16. The number of nitrogens with one attached hydrogen (secondary N) is 4. The van der Waals surface area contributed by atoms with Crippen LogP contribution in [0.5, 0.6) is 0 Å². The molecule has 10 heteroatoms. The molecule has 126 valence electrons. The zero-order valence-corrected chi connectivity index (χ0v) is 12.5. The maximum absolute atomic E-state index is 11.5. The van der Waals surface area contributed by atoms with Gasteiger partial charge < -0.3 is 30.3 Å². The fourth-order valence-electron chi connectivity index (χ4n) is 1.30. The minimum absolute atomic E-state index is 0.0297. The highest BCUT2D eigenvalue weighted by Crippen LogP contribution is 1.95. The summed E-state index contributed by atoms with van der Waals surface area (Å²) in [5.41, 5.74) is 0. The monoisotopic (exact) mass is 318 g/mol. The molecule has 0 saturated carbocycles. The molecule has 0 aliphatic rings. The summed E-state index contributed by atoms with van der Waals surface area (Å²) in [4.78, 5) is 23.0. The predicted octanol–water partition coefficient (Wildman–Crippen LogP) is -2.03. The number of aliphatic hydroxyl groups is 2. The molecule has 0 aromatic carbocycles. The number of methoxy groups -OCH3 is 2. The quantitative estimate of drug-likeness (QED) is 0.212. The van der Waals surface area contributed by atoms with Gasteiger partial charge in [0.15, 0.2) is 24.0 Å². The van der Waals surface area contributed by atoms with Gasteiger partial charge in [-0.25, -0.2) is 0 Å². The Morgan fingerprint density at radius 1 is 0.909 bits per heavy atom. The van der Waals surface area contributed by atoms with Gasteiger partial charge in [-0.3, -0.25) is 20.4 Å². The van der Waals surface area contributed by atoms with E-state index in [0.29, 0.717) is 0 Å².